The van der Waals surface area contributed by atoms with Gasteiger partial charge in [-0.25, -0.2) is 4.39 Å². The van der Waals surface area contributed by atoms with Crippen LogP contribution >= 0.6 is 0 Å². The number of benzene rings is 1. The summed E-state index contributed by atoms with van der Waals surface area (Å²) >= 11 is 0. The summed E-state index contributed by atoms with van der Waals surface area (Å²) in [4.78, 5) is 2.41. The van der Waals surface area contributed by atoms with Crippen LogP contribution in [0.1, 0.15) is 38.0 Å². The lowest BCUT2D eigenvalue weighted by Crippen LogP contribution is -2.27. The highest BCUT2D eigenvalue weighted by Crippen LogP contribution is 2.27. The van der Waals surface area contributed by atoms with Crippen LogP contribution in [0.25, 0.3) is 0 Å². The van der Waals surface area contributed by atoms with E-state index in [2.05, 4.69) is 28.9 Å². The smallest absolute Gasteiger partial charge is 0.253 e. The number of hydrogen-bond acceptors (Lipinski definition) is 5. The number of nitrogens with zero attached hydrogens (tertiary/aromatic N) is 3. The van der Waals surface area contributed by atoms with Crippen molar-refractivity contribution in [1.29, 1.82) is 0 Å². The van der Waals surface area contributed by atoms with Crippen LogP contribution in [0, 0.1) is 5.82 Å². The van der Waals surface area contributed by atoms with E-state index in [0.717, 1.165) is 19.5 Å². The Hall–Kier alpha value is -1.95. The molecule has 1 fully saturated rings. The van der Waals surface area contributed by atoms with Crippen molar-refractivity contribution in [3.63, 3.8) is 0 Å². The molecule has 0 radical (unpaired) electrons. The number of hydrogen-bond donors (Lipinski definition) is 0. The van der Waals surface area contributed by atoms with Gasteiger partial charge in [0.15, 0.2) is 6.61 Å². The molecule has 1 aliphatic rings. The molecule has 0 N–H and O–H groups in total. The van der Waals surface area contributed by atoms with Crippen molar-refractivity contribution in [3.05, 3.63) is 41.9 Å². The van der Waals surface area contributed by atoms with Gasteiger partial charge in [0.2, 0.25) is 5.89 Å². The van der Waals surface area contributed by atoms with Crippen LogP contribution < -0.4 is 4.74 Å². The van der Waals surface area contributed by atoms with Crippen molar-refractivity contribution in [1.82, 2.24) is 15.1 Å². The van der Waals surface area contributed by atoms with Crippen LogP contribution in [0.3, 0.4) is 0 Å². The minimum atomic E-state index is -0.289. The predicted octanol–water partition coefficient (Wildman–Crippen LogP) is 2.99. The summed E-state index contributed by atoms with van der Waals surface area (Å²) < 4.78 is 24.0. The van der Waals surface area contributed by atoms with E-state index in [1.54, 1.807) is 12.1 Å². The maximum atomic E-state index is 12.8. The van der Waals surface area contributed by atoms with Crippen LogP contribution in [-0.2, 0) is 6.61 Å². The fourth-order valence-corrected chi connectivity index (χ4v) is 2.62. The van der Waals surface area contributed by atoms with E-state index in [1.165, 1.54) is 12.1 Å². The second-order valence-corrected chi connectivity index (χ2v) is 5.85. The monoisotopic (exact) mass is 305 g/mol. The van der Waals surface area contributed by atoms with Crippen LogP contribution in [-0.4, -0.2) is 34.2 Å². The Morgan fingerprint density at radius 1 is 1.32 bits per heavy atom. The lowest BCUT2D eigenvalue weighted by Gasteiger charge is -2.19. The Morgan fingerprint density at radius 2 is 2.09 bits per heavy atom. The molecule has 0 spiro atoms. The summed E-state index contributed by atoms with van der Waals surface area (Å²) in [5.74, 6) is 1.72. The first-order valence-corrected chi connectivity index (χ1v) is 7.56. The molecule has 0 saturated carbocycles. The molecule has 1 aromatic heterocycles. The SMILES string of the molecule is CC(C)N1CC[C@H](c2nnc(COc3ccc(F)cc3)o2)C1. The molecule has 2 aromatic rings. The fourth-order valence-electron chi connectivity index (χ4n) is 2.62. The highest BCUT2D eigenvalue weighted by molar-refractivity contribution is 5.22. The molecule has 6 heteroatoms. The Morgan fingerprint density at radius 3 is 2.77 bits per heavy atom. The number of rotatable bonds is 5. The van der Waals surface area contributed by atoms with Crippen molar-refractivity contribution in [2.24, 2.45) is 0 Å². The molecule has 1 atom stereocenters. The predicted molar refractivity (Wildman–Crippen MR) is 79.1 cm³/mol. The Balaban J connectivity index is 1.56. The molecule has 3 rings (SSSR count). The number of aromatic nitrogens is 2. The normalized spacial score (nSPS) is 19.0. The molecule has 1 aliphatic heterocycles. The first-order valence-electron chi connectivity index (χ1n) is 7.56. The summed E-state index contributed by atoms with van der Waals surface area (Å²) in [6, 6.07) is 6.39. The van der Waals surface area contributed by atoms with Gasteiger partial charge in [0, 0.05) is 12.6 Å². The number of ether oxygens (including phenoxy) is 1. The lowest BCUT2D eigenvalue weighted by molar-refractivity contribution is 0.250. The van der Waals surface area contributed by atoms with Gasteiger partial charge in [0.25, 0.3) is 5.89 Å². The molecule has 22 heavy (non-hydrogen) atoms. The zero-order valence-corrected chi connectivity index (χ0v) is 12.8. The maximum Gasteiger partial charge on any atom is 0.253 e. The Bertz CT molecular complexity index is 612. The topological polar surface area (TPSA) is 51.4 Å². The maximum absolute atomic E-state index is 12.8. The lowest BCUT2D eigenvalue weighted by atomic mass is 10.1. The minimum absolute atomic E-state index is 0.194. The molecule has 1 saturated heterocycles. The zero-order valence-electron chi connectivity index (χ0n) is 12.8. The van der Waals surface area contributed by atoms with Gasteiger partial charge in [-0.2, -0.15) is 0 Å². The van der Waals surface area contributed by atoms with Gasteiger partial charge in [-0.15, -0.1) is 10.2 Å². The fraction of sp³-hybridized carbons (Fsp3) is 0.500. The molecule has 0 amide bonds. The molecule has 0 aliphatic carbocycles. The van der Waals surface area contributed by atoms with Gasteiger partial charge in [-0.1, -0.05) is 0 Å². The standard InChI is InChI=1S/C16H20FN3O2/c1-11(2)20-8-7-12(9-20)16-19-18-15(22-16)10-21-14-5-3-13(17)4-6-14/h3-6,11-12H,7-10H2,1-2H3/t12-/m0/s1. The molecule has 5 nitrogen and oxygen atoms in total. The van der Waals surface area contributed by atoms with E-state index in [-0.39, 0.29) is 12.4 Å². The molecule has 2 heterocycles. The van der Waals surface area contributed by atoms with Crippen LogP contribution in [0.15, 0.2) is 28.7 Å². The van der Waals surface area contributed by atoms with Crippen LogP contribution in [0.2, 0.25) is 0 Å². The summed E-state index contributed by atoms with van der Waals surface area (Å²) in [6.45, 7) is 6.60. The molecular weight excluding hydrogens is 285 g/mol. The third kappa shape index (κ3) is 3.44. The quantitative estimate of drug-likeness (QED) is 0.850. The second kappa shape index (κ2) is 6.44. The minimum Gasteiger partial charge on any atom is -0.484 e. The second-order valence-electron chi connectivity index (χ2n) is 5.85. The third-order valence-electron chi connectivity index (χ3n) is 3.96. The molecule has 1 aromatic carbocycles. The van der Waals surface area contributed by atoms with Crippen molar-refractivity contribution in [3.8, 4) is 5.75 Å². The van der Waals surface area contributed by atoms with Gasteiger partial charge in [-0.05, 0) is 51.1 Å². The molecule has 118 valence electrons. The zero-order chi connectivity index (χ0) is 15.5. The largest absolute Gasteiger partial charge is 0.484 e. The number of likely N-dealkylation sites (tertiary alicyclic amines) is 1. The average molecular weight is 305 g/mol. The average Bonchev–Trinajstić information content (AvgIpc) is 3.15. The van der Waals surface area contributed by atoms with E-state index >= 15 is 0 Å². The van der Waals surface area contributed by atoms with Crippen molar-refractivity contribution < 1.29 is 13.5 Å². The first kappa shape index (κ1) is 15.0. The molecule has 0 unspecified atom stereocenters. The van der Waals surface area contributed by atoms with E-state index < -0.39 is 0 Å². The van der Waals surface area contributed by atoms with Gasteiger partial charge >= 0.3 is 0 Å². The summed E-state index contributed by atoms with van der Waals surface area (Å²) in [5, 5.41) is 8.16. The molecule has 0 bridgehead atoms. The van der Waals surface area contributed by atoms with Gasteiger partial charge in [0.1, 0.15) is 11.6 Å². The highest BCUT2D eigenvalue weighted by Gasteiger charge is 2.29. The number of halogens is 1. The van der Waals surface area contributed by atoms with Crippen molar-refractivity contribution in [2.45, 2.75) is 38.8 Å². The van der Waals surface area contributed by atoms with E-state index in [1.807, 2.05) is 0 Å². The summed E-state index contributed by atoms with van der Waals surface area (Å²) in [6.07, 6.45) is 1.04. The molecular formula is C16H20FN3O2. The van der Waals surface area contributed by atoms with E-state index in [9.17, 15) is 4.39 Å². The van der Waals surface area contributed by atoms with Gasteiger partial charge in [0.05, 0.1) is 5.92 Å². The van der Waals surface area contributed by atoms with Crippen molar-refractivity contribution in [2.75, 3.05) is 13.1 Å². The summed E-state index contributed by atoms with van der Waals surface area (Å²) in [5.41, 5.74) is 0. The van der Waals surface area contributed by atoms with Crippen molar-refractivity contribution >= 4 is 0 Å². The Labute approximate surface area is 129 Å². The third-order valence-corrected chi connectivity index (χ3v) is 3.96. The Kier molecular flexibility index (Phi) is 4.38. The van der Waals surface area contributed by atoms with Crippen LogP contribution in [0.5, 0.6) is 5.75 Å². The van der Waals surface area contributed by atoms with Gasteiger partial charge < -0.3 is 14.1 Å². The van der Waals surface area contributed by atoms with E-state index in [0.29, 0.717) is 29.5 Å². The van der Waals surface area contributed by atoms with Crippen LogP contribution in [0.4, 0.5) is 4.39 Å². The van der Waals surface area contributed by atoms with E-state index in [4.69, 9.17) is 9.15 Å². The summed E-state index contributed by atoms with van der Waals surface area (Å²) in [7, 11) is 0. The first-order chi connectivity index (χ1) is 10.6. The van der Waals surface area contributed by atoms with Gasteiger partial charge in [-0.3, -0.25) is 0 Å². The highest BCUT2D eigenvalue weighted by atomic mass is 19.1.